The van der Waals surface area contributed by atoms with Crippen LogP contribution in [0, 0.1) is 5.92 Å². The summed E-state index contributed by atoms with van der Waals surface area (Å²) >= 11 is 0.571. The summed E-state index contributed by atoms with van der Waals surface area (Å²) in [7, 11) is -4.87. The number of halogens is 3. The van der Waals surface area contributed by atoms with Crippen molar-refractivity contribution >= 4 is 32.7 Å². The minimum Gasteiger partial charge on any atom is -0.382 e. The molecule has 1 unspecified atom stereocenters. The van der Waals surface area contributed by atoms with Crippen LogP contribution in [-0.4, -0.2) is 11.7 Å². The van der Waals surface area contributed by atoms with Crippen molar-refractivity contribution in [1.29, 1.82) is 0 Å². The summed E-state index contributed by atoms with van der Waals surface area (Å²) in [4.78, 5) is 0. The van der Waals surface area contributed by atoms with Gasteiger partial charge in [-0.15, -0.1) is 0 Å². The molecule has 0 saturated carbocycles. The Morgan fingerprint density at radius 3 is 2.59 bits per heavy atom. The number of hydrogen-bond donors (Lipinski definition) is 0. The number of alkyl halides is 3. The third-order valence-electron chi connectivity index (χ3n) is 2.79. The molecule has 1 rings (SSSR count). The minimum atomic E-state index is -4.87. The predicted molar refractivity (Wildman–Crippen MR) is 69.3 cm³/mol. The van der Waals surface area contributed by atoms with Crippen LogP contribution >= 0.6 is 22.6 Å². The third-order valence-corrected chi connectivity index (χ3v) is 5.39. The highest BCUT2D eigenvalue weighted by molar-refractivity contribution is 14.1. The zero-order chi connectivity index (χ0) is 13.3. The Morgan fingerprint density at radius 1 is 1.53 bits per heavy atom. The minimum absolute atomic E-state index is 0.211. The Balaban J connectivity index is 2.96. The average molecular weight is 380 g/mol. The van der Waals surface area contributed by atoms with E-state index in [1.54, 1.807) is 0 Å². The van der Waals surface area contributed by atoms with Gasteiger partial charge >= 0.3 is 13.4 Å². The van der Waals surface area contributed by atoms with E-state index in [1.165, 1.54) is 0 Å². The van der Waals surface area contributed by atoms with Gasteiger partial charge < -0.3 is 4.18 Å². The summed E-state index contributed by atoms with van der Waals surface area (Å²) in [6, 6.07) is 0. The molecule has 0 fully saturated rings. The normalized spacial score (nSPS) is 22.8. The molecule has 100 valence electrons. The molecule has 7 heteroatoms. The van der Waals surface area contributed by atoms with E-state index in [1.807, 2.05) is 13.8 Å². The molecular weight excluding hydrogens is 365 g/mol. The first-order valence-electron chi connectivity index (χ1n) is 5.39. The first-order valence-corrected chi connectivity index (χ1v) is 7.87. The third kappa shape index (κ3) is 3.77. The molecule has 0 radical (unpaired) electrons. The molecule has 0 amide bonds. The lowest BCUT2D eigenvalue weighted by molar-refractivity contribution is 0.189. The molecule has 0 aromatic carbocycles. The molecule has 0 heterocycles. The molecule has 0 aromatic rings. The van der Waals surface area contributed by atoms with Gasteiger partial charge in [0.25, 0.3) is 0 Å². The maximum atomic E-state index is 12.8. The fourth-order valence-corrected chi connectivity index (χ4v) is 2.58. The van der Waals surface area contributed by atoms with Crippen LogP contribution < -0.4 is 0 Å². The standard InChI is InChI=1S/C10H15F2IO3S/c1-3-8-5-4-7(2)6-9(8)16-17(14,15)10(11,12)13/h7H,3-6H2,1-2H3. The molecule has 1 atom stereocenters. The van der Waals surface area contributed by atoms with E-state index >= 15 is 0 Å². The highest BCUT2D eigenvalue weighted by Gasteiger charge is 2.45. The van der Waals surface area contributed by atoms with Crippen molar-refractivity contribution in [3.8, 4) is 0 Å². The van der Waals surface area contributed by atoms with Gasteiger partial charge in [-0.2, -0.15) is 17.2 Å². The zero-order valence-electron chi connectivity index (χ0n) is 9.67. The summed E-state index contributed by atoms with van der Waals surface area (Å²) < 4.78 is 48.9. The van der Waals surface area contributed by atoms with Crippen LogP contribution in [0.1, 0.15) is 39.5 Å². The van der Waals surface area contributed by atoms with E-state index in [0.29, 0.717) is 35.4 Å². The molecule has 0 aliphatic heterocycles. The Hall–Kier alpha value is 0.0800. The molecule has 0 saturated heterocycles. The van der Waals surface area contributed by atoms with Crippen LogP contribution in [0.15, 0.2) is 11.3 Å². The van der Waals surface area contributed by atoms with Crippen molar-refractivity contribution in [3.63, 3.8) is 0 Å². The average Bonchev–Trinajstić information content (AvgIpc) is 2.15. The zero-order valence-corrected chi connectivity index (χ0v) is 12.6. The van der Waals surface area contributed by atoms with Gasteiger partial charge in [0.05, 0.1) is 0 Å². The van der Waals surface area contributed by atoms with Gasteiger partial charge in [0, 0.05) is 29.0 Å². The number of allylic oxidation sites excluding steroid dienone is 2. The predicted octanol–water partition coefficient (Wildman–Crippen LogP) is 3.80. The van der Waals surface area contributed by atoms with Gasteiger partial charge in [0.1, 0.15) is 5.76 Å². The van der Waals surface area contributed by atoms with Gasteiger partial charge in [-0.25, -0.2) is 0 Å². The smallest absolute Gasteiger partial charge is 0.382 e. The lowest BCUT2D eigenvalue weighted by Crippen LogP contribution is -2.25. The van der Waals surface area contributed by atoms with Crippen LogP contribution in [0.4, 0.5) is 8.78 Å². The largest absolute Gasteiger partial charge is 0.428 e. The van der Waals surface area contributed by atoms with Crippen LogP contribution in [0.25, 0.3) is 0 Å². The topological polar surface area (TPSA) is 43.4 Å². The maximum absolute atomic E-state index is 12.8. The summed E-state index contributed by atoms with van der Waals surface area (Å²) in [5, 5.41) is 0. The maximum Gasteiger partial charge on any atom is 0.428 e. The van der Waals surface area contributed by atoms with E-state index < -0.39 is 13.4 Å². The second-order valence-corrected chi connectivity index (χ2v) is 7.89. The molecule has 0 spiro atoms. The highest BCUT2D eigenvalue weighted by Crippen LogP contribution is 2.37. The van der Waals surface area contributed by atoms with Crippen LogP contribution in [-0.2, 0) is 14.3 Å². The van der Waals surface area contributed by atoms with Crippen molar-refractivity contribution in [3.05, 3.63) is 11.3 Å². The summed E-state index contributed by atoms with van der Waals surface area (Å²) in [5.74, 6) is 0.473. The fraction of sp³-hybridized carbons (Fsp3) is 0.800. The first-order chi connectivity index (χ1) is 7.67. The number of hydrogen-bond acceptors (Lipinski definition) is 3. The van der Waals surface area contributed by atoms with Gasteiger partial charge in [0.15, 0.2) is 0 Å². The van der Waals surface area contributed by atoms with Crippen molar-refractivity contribution in [2.75, 3.05) is 0 Å². The Kier molecular flexibility index (Phi) is 4.79. The molecule has 3 nitrogen and oxygen atoms in total. The molecule has 0 N–H and O–H groups in total. The Bertz CT molecular complexity index is 412. The van der Waals surface area contributed by atoms with Gasteiger partial charge in [0.2, 0.25) is 0 Å². The lowest BCUT2D eigenvalue weighted by atomic mass is 9.88. The Labute approximate surface area is 114 Å². The van der Waals surface area contributed by atoms with Crippen molar-refractivity contribution in [2.45, 2.75) is 42.8 Å². The van der Waals surface area contributed by atoms with Crippen molar-refractivity contribution < 1.29 is 21.4 Å². The quantitative estimate of drug-likeness (QED) is 0.423. The first kappa shape index (κ1) is 15.1. The second kappa shape index (κ2) is 5.38. The highest BCUT2D eigenvalue weighted by atomic mass is 127. The van der Waals surface area contributed by atoms with E-state index in [0.717, 1.165) is 18.4 Å². The summed E-state index contributed by atoms with van der Waals surface area (Å²) in [6.07, 6.45) is 2.70. The molecule has 0 aromatic heterocycles. The molecule has 17 heavy (non-hydrogen) atoms. The van der Waals surface area contributed by atoms with Gasteiger partial charge in [-0.05, 0) is 30.8 Å². The Morgan fingerprint density at radius 2 is 2.12 bits per heavy atom. The van der Waals surface area contributed by atoms with E-state index in [-0.39, 0.29) is 11.7 Å². The molecule has 1 aliphatic carbocycles. The van der Waals surface area contributed by atoms with Crippen LogP contribution in [0.2, 0.25) is 0 Å². The van der Waals surface area contributed by atoms with Crippen molar-refractivity contribution in [1.82, 2.24) is 0 Å². The summed E-state index contributed by atoms with van der Waals surface area (Å²) in [6.45, 7) is 3.81. The molecular formula is C10H15F2IO3S. The second-order valence-electron chi connectivity index (χ2n) is 4.21. The van der Waals surface area contributed by atoms with E-state index in [4.69, 9.17) is 0 Å². The molecule has 1 aliphatic rings. The summed E-state index contributed by atoms with van der Waals surface area (Å²) in [5.41, 5.74) is 0.826. The van der Waals surface area contributed by atoms with Gasteiger partial charge in [-0.1, -0.05) is 13.8 Å². The SMILES string of the molecule is CCC1=C(OS(=O)(=O)C(F)(F)I)CC(C)CC1. The number of rotatable bonds is 4. The lowest BCUT2D eigenvalue weighted by Gasteiger charge is -2.24. The van der Waals surface area contributed by atoms with Crippen LogP contribution in [0.3, 0.4) is 0 Å². The monoisotopic (exact) mass is 380 g/mol. The van der Waals surface area contributed by atoms with Crippen molar-refractivity contribution in [2.24, 2.45) is 5.92 Å². The fourth-order valence-electron chi connectivity index (χ4n) is 1.77. The van der Waals surface area contributed by atoms with Crippen LogP contribution in [0.5, 0.6) is 0 Å². The van der Waals surface area contributed by atoms with Gasteiger partial charge in [-0.3, -0.25) is 0 Å². The van der Waals surface area contributed by atoms with E-state index in [9.17, 15) is 17.2 Å². The molecule has 0 bridgehead atoms. The van der Waals surface area contributed by atoms with E-state index in [2.05, 4.69) is 4.18 Å².